The molecule has 0 unspecified atom stereocenters. The number of rotatable bonds is 4. The molecule has 0 atom stereocenters. The number of halogens is 4. The molecule has 0 fully saturated rings. The number of carbonyl (C=O) groups is 1. The monoisotopic (exact) mass is 327 g/mol. The number of nitrogens with two attached hydrogens (primary N) is 1. The predicted molar refractivity (Wildman–Crippen MR) is 65.3 cm³/mol. The van der Waals surface area contributed by atoms with E-state index in [0.717, 1.165) is 0 Å². The smallest absolute Gasteiger partial charge is 0.398 e. The van der Waals surface area contributed by atoms with Crippen molar-refractivity contribution in [3.05, 3.63) is 23.8 Å². The number of hydrogen-bond donors (Lipinski definition) is 1. The number of hydrogen-bond acceptors (Lipinski definition) is 3. The van der Waals surface area contributed by atoms with Gasteiger partial charge in [-0.15, -0.1) is 0 Å². The average Bonchev–Trinajstić information content (AvgIpc) is 2.20. The van der Waals surface area contributed by atoms with E-state index in [-0.39, 0.29) is 34.2 Å². The molecular formula is C10H9BrF3NOS. The minimum Gasteiger partial charge on any atom is -0.398 e. The Morgan fingerprint density at radius 1 is 1.41 bits per heavy atom. The van der Waals surface area contributed by atoms with Crippen molar-refractivity contribution in [3.8, 4) is 0 Å². The van der Waals surface area contributed by atoms with Crippen LogP contribution in [0.15, 0.2) is 23.1 Å². The van der Waals surface area contributed by atoms with Crippen molar-refractivity contribution in [3.63, 3.8) is 0 Å². The summed E-state index contributed by atoms with van der Waals surface area (Å²) in [6.07, 6.45) is 0.0311. The molecule has 1 aromatic rings. The molecule has 0 radical (unpaired) electrons. The van der Waals surface area contributed by atoms with Gasteiger partial charge >= 0.3 is 5.51 Å². The second-order valence-electron chi connectivity index (χ2n) is 3.26. The first kappa shape index (κ1) is 14.4. The molecule has 0 bridgehead atoms. The normalized spacial score (nSPS) is 11.5. The second kappa shape index (κ2) is 5.77. The largest absolute Gasteiger partial charge is 0.446 e. The van der Waals surface area contributed by atoms with Crippen LogP contribution < -0.4 is 5.73 Å². The summed E-state index contributed by atoms with van der Waals surface area (Å²) in [6, 6.07) is 3.97. The highest BCUT2D eigenvalue weighted by Gasteiger charge is 2.29. The summed E-state index contributed by atoms with van der Waals surface area (Å²) in [5.41, 5.74) is 2.00. The van der Waals surface area contributed by atoms with Gasteiger partial charge in [-0.25, -0.2) is 0 Å². The Labute approximate surface area is 109 Å². The first-order valence-corrected chi connectivity index (χ1v) is 6.47. The SMILES string of the molecule is Nc1ccc(SC(F)(F)F)cc1CC(=O)CBr. The molecule has 1 aromatic carbocycles. The number of anilines is 1. The Bertz CT molecular complexity index is 423. The number of benzene rings is 1. The zero-order valence-corrected chi connectivity index (χ0v) is 11.0. The van der Waals surface area contributed by atoms with Gasteiger partial charge in [0.2, 0.25) is 0 Å². The summed E-state index contributed by atoms with van der Waals surface area (Å²) in [5.74, 6) is -0.133. The number of alkyl halides is 4. The minimum absolute atomic E-state index is 0.0311. The third kappa shape index (κ3) is 4.99. The molecule has 7 heteroatoms. The molecule has 0 spiro atoms. The minimum atomic E-state index is -4.34. The van der Waals surface area contributed by atoms with Crippen LogP contribution in [0.4, 0.5) is 18.9 Å². The highest BCUT2D eigenvalue weighted by Crippen LogP contribution is 2.37. The van der Waals surface area contributed by atoms with E-state index in [0.29, 0.717) is 11.3 Å². The maximum atomic E-state index is 12.2. The van der Waals surface area contributed by atoms with Crippen LogP contribution >= 0.6 is 27.7 Å². The van der Waals surface area contributed by atoms with Crippen LogP contribution in [-0.2, 0) is 11.2 Å². The summed E-state index contributed by atoms with van der Waals surface area (Å²) in [7, 11) is 0. The molecule has 0 heterocycles. The first-order valence-electron chi connectivity index (χ1n) is 4.53. The van der Waals surface area contributed by atoms with Crippen molar-refractivity contribution in [2.24, 2.45) is 0 Å². The fourth-order valence-corrected chi connectivity index (χ4v) is 1.99. The van der Waals surface area contributed by atoms with Gasteiger partial charge in [0, 0.05) is 17.0 Å². The Balaban J connectivity index is 2.90. The topological polar surface area (TPSA) is 43.1 Å². The van der Waals surface area contributed by atoms with Crippen LogP contribution in [0.5, 0.6) is 0 Å². The van der Waals surface area contributed by atoms with Crippen LogP contribution in [0.1, 0.15) is 5.56 Å². The van der Waals surface area contributed by atoms with Gasteiger partial charge in [0.15, 0.2) is 0 Å². The Morgan fingerprint density at radius 2 is 2.06 bits per heavy atom. The number of nitrogen functional groups attached to an aromatic ring is 1. The Hall–Kier alpha value is -0.690. The van der Waals surface area contributed by atoms with Crippen LogP contribution in [0.2, 0.25) is 0 Å². The van der Waals surface area contributed by atoms with E-state index in [2.05, 4.69) is 15.9 Å². The zero-order valence-electron chi connectivity index (χ0n) is 8.55. The molecule has 0 aliphatic rings. The molecule has 0 aromatic heterocycles. The van der Waals surface area contributed by atoms with E-state index in [4.69, 9.17) is 5.73 Å². The van der Waals surface area contributed by atoms with Gasteiger partial charge < -0.3 is 5.73 Å². The molecule has 0 aliphatic carbocycles. The van der Waals surface area contributed by atoms with E-state index in [9.17, 15) is 18.0 Å². The first-order chi connectivity index (χ1) is 7.81. The maximum Gasteiger partial charge on any atom is 0.446 e. The standard InChI is InChI=1S/C10H9BrF3NOS/c11-5-7(16)3-6-4-8(1-2-9(6)15)17-10(12,13)14/h1-2,4H,3,5,15H2. The number of Topliss-reactive ketones (excluding diaryl/α,β-unsaturated/α-hetero) is 1. The van der Waals surface area contributed by atoms with E-state index >= 15 is 0 Å². The Morgan fingerprint density at radius 3 is 2.59 bits per heavy atom. The second-order valence-corrected chi connectivity index (χ2v) is 4.96. The number of carbonyl (C=O) groups excluding carboxylic acids is 1. The lowest BCUT2D eigenvalue weighted by molar-refractivity contribution is -0.115. The van der Waals surface area contributed by atoms with E-state index in [1.165, 1.54) is 18.2 Å². The molecule has 2 N–H and O–H groups in total. The Kier molecular flexibility index (Phi) is 4.88. The zero-order chi connectivity index (χ0) is 13.1. The molecule has 94 valence electrons. The van der Waals surface area contributed by atoms with Crippen LogP contribution in [0.3, 0.4) is 0 Å². The van der Waals surface area contributed by atoms with Crippen molar-refractivity contribution >= 4 is 39.2 Å². The summed E-state index contributed by atoms with van der Waals surface area (Å²) in [6.45, 7) is 0. The third-order valence-corrected chi connectivity index (χ3v) is 3.23. The molecule has 0 saturated heterocycles. The molecule has 1 rings (SSSR count). The summed E-state index contributed by atoms with van der Waals surface area (Å²) in [5, 5.41) is 0.156. The molecular weight excluding hydrogens is 319 g/mol. The van der Waals surface area contributed by atoms with Crippen molar-refractivity contribution in [2.75, 3.05) is 11.1 Å². The van der Waals surface area contributed by atoms with Crippen molar-refractivity contribution in [2.45, 2.75) is 16.8 Å². The summed E-state index contributed by atoms with van der Waals surface area (Å²) in [4.78, 5) is 11.2. The molecule has 17 heavy (non-hydrogen) atoms. The number of thioether (sulfide) groups is 1. The van der Waals surface area contributed by atoms with Gasteiger partial charge in [-0.2, -0.15) is 13.2 Å². The highest BCUT2D eigenvalue weighted by molar-refractivity contribution is 9.09. The van der Waals surface area contributed by atoms with E-state index in [1.807, 2.05) is 0 Å². The third-order valence-electron chi connectivity index (χ3n) is 1.88. The molecule has 0 amide bonds. The van der Waals surface area contributed by atoms with Gasteiger partial charge in [0.25, 0.3) is 0 Å². The number of ketones is 1. The van der Waals surface area contributed by atoms with Crippen molar-refractivity contribution in [1.82, 2.24) is 0 Å². The molecule has 2 nitrogen and oxygen atoms in total. The lowest BCUT2D eigenvalue weighted by Crippen LogP contribution is -2.06. The van der Waals surface area contributed by atoms with Crippen LogP contribution in [0.25, 0.3) is 0 Å². The molecule has 0 aliphatic heterocycles. The van der Waals surface area contributed by atoms with E-state index < -0.39 is 5.51 Å². The van der Waals surface area contributed by atoms with Gasteiger partial charge in [0.1, 0.15) is 5.78 Å². The maximum absolute atomic E-state index is 12.2. The van der Waals surface area contributed by atoms with Crippen molar-refractivity contribution < 1.29 is 18.0 Å². The van der Waals surface area contributed by atoms with Crippen LogP contribution in [-0.4, -0.2) is 16.6 Å². The fraction of sp³-hybridized carbons (Fsp3) is 0.300. The summed E-state index contributed by atoms with van der Waals surface area (Å²) < 4.78 is 36.5. The van der Waals surface area contributed by atoms with Gasteiger partial charge in [0.05, 0.1) is 5.33 Å². The lowest BCUT2D eigenvalue weighted by Gasteiger charge is -2.09. The highest BCUT2D eigenvalue weighted by atomic mass is 79.9. The lowest BCUT2D eigenvalue weighted by atomic mass is 10.1. The predicted octanol–water partition coefficient (Wildman–Crippen LogP) is 3.39. The van der Waals surface area contributed by atoms with Gasteiger partial charge in [-0.3, -0.25) is 4.79 Å². The fourth-order valence-electron chi connectivity index (χ4n) is 1.19. The van der Waals surface area contributed by atoms with Gasteiger partial charge in [-0.05, 0) is 35.5 Å². The van der Waals surface area contributed by atoms with Gasteiger partial charge in [-0.1, -0.05) is 15.9 Å². The average molecular weight is 328 g/mol. The summed E-state index contributed by atoms with van der Waals surface area (Å²) >= 11 is 2.77. The van der Waals surface area contributed by atoms with E-state index in [1.54, 1.807) is 0 Å². The quantitative estimate of drug-likeness (QED) is 0.523. The van der Waals surface area contributed by atoms with Crippen LogP contribution in [0, 0.1) is 0 Å². The van der Waals surface area contributed by atoms with Crippen molar-refractivity contribution in [1.29, 1.82) is 0 Å². The molecule has 0 saturated carbocycles.